The number of ether oxygens (including phenoxy) is 2. The molecule has 0 aliphatic heterocycles. The lowest BCUT2D eigenvalue weighted by Crippen LogP contribution is -2.28. The van der Waals surface area contributed by atoms with Gasteiger partial charge in [0.15, 0.2) is 0 Å². The summed E-state index contributed by atoms with van der Waals surface area (Å²) >= 11 is 0. The Bertz CT molecular complexity index is 491. The van der Waals surface area contributed by atoms with Gasteiger partial charge in [0.25, 0.3) is 0 Å². The fourth-order valence-corrected chi connectivity index (χ4v) is 3.73. The Balaban J connectivity index is 4.38. The lowest BCUT2D eigenvalue weighted by Gasteiger charge is -2.20. The van der Waals surface area contributed by atoms with Crippen molar-refractivity contribution in [1.82, 2.24) is 4.90 Å². The van der Waals surface area contributed by atoms with E-state index in [0.29, 0.717) is 19.6 Å². The Morgan fingerprint density at radius 1 is 0.844 bits per heavy atom. The van der Waals surface area contributed by atoms with Crippen LogP contribution in [0.1, 0.15) is 90.9 Å². The topological polar surface area (TPSA) is 94.5 Å². The minimum absolute atomic E-state index is 0.0670. The van der Waals surface area contributed by atoms with Crippen LogP contribution in [0.3, 0.4) is 0 Å². The predicted molar refractivity (Wildman–Crippen MR) is 128 cm³/mol. The van der Waals surface area contributed by atoms with Crippen molar-refractivity contribution >= 4 is 13.8 Å². The zero-order valence-electron chi connectivity index (χ0n) is 20.9. The van der Waals surface area contributed by atoms with Gasteiger partial charge in [-0.1, -0.05) is 71.6 Å². The molecular weight excluding hydrogens is 433 g/mol. The maximum absolute atomic E-state index is 12.2. The third-order valence-corrected chi connectivity index (χ3v) is 5.93. The minimum atomic E-state index is -4.21. The predicted octanol–water partition coefficient (Wildman–Crippen LogP) is 5.33. The molecule has 0 aliphatic carbocycles. The molecule has 0 spiro atoms. The van der Waals surface area contributed by atoms with Crippen molar-refractivity contribution in [2.75, 3.05) is 47.1 Å². The Morgan fingerprint density at radius 2 is 1.44 bits per heavy atom. The van der Waals surface area contributed by atoms with E-state index in [1.54, 1.807) is 0 Å². The molecule has 8 nitrogen and oxygen atoms in total. The SMILES string of the molecule is CCCCCCCCOCC(COP(=O)(O)OCCN(C)C)OC(=O)CCCCCCC. The van der Waals surface area contributed by atoms with Crippen LogP contribution in [0.25, 0.3) is 0 Å². The van der Waals surface area contributed by atoms with Gasteiger partial charge in [-0.15, -0.1) is 0 Å². The van der Waals surface area contributed by atoms with E-state index in [0.717, 1.165) is 44.9 Å². The van der Waals surface area contributed by atoms with Crippen LogP contribution in [-0.4, -0.2) is 68.9 Å². The summed E-state index contributed by atoms with van der Waals surface area (Å²) in [5.41, 5.74) is 0. The van der Waals surface area contributed by atoms with E-state index in [4.69, 9.17) is 18.5 Å². The van der Waals surface area contributed by atoms with Gasteiger partial charge in [0, 0.05) is 19.6 Å². The zero-order valence-corrected chi connectivity index (χ0v) is 21.8. The van der Waals surface area contributed by atoms with E-state index in [1.165, 1.54) is 25.7 Å². The van der Waals surface area contributed by atoms with E-state index >= 15 is 0 Å². The number of carbonyl (C=O) groups excluding carboxylic acids is 1. The molecule has 0 bridgehead atoms. The molecule has 1 N–H and O–H groups in total. The number of unbranched alkanes of at least 4 members (excludes halogenated alkanes) is 9. The Morgan fingerprint density at radius 3 is 2.06 bits per heavy atom. The first kappa shape index (κ1) is 31.5. The van der Waals surface area contributed by atoms with Crippen LogP contribution in [0.2, 0.25) is 0 Å². The van der Waals surface area contributed by atoms with Crippen molar-refractivity contribution in [1.29, 1.82) is 0 Å². The quantitative estimate of drug-likeness (QED) is 0.119. The smallest absolute Gasteiger partial charge is 0.457 e. The first-order chi connectivity index (χ1) is 15.3. The number of rotatable bonds is 23. The molecule has 9 heteroatoms. The molecule has 0 aromatic rings. The summed E-state index contributed by atoms with van der Waals surface area (Å²) in [6, 6.07) is 0. The van der Waals surface area contributed by atoms with Crippen LogP contribution in [0, 0.1) is 0 Å². The fourth-order valence-electron chi connectivity index (χ4n) is 2.99. The molecule has 0 rings (SSSR count). The van der Waals surface area contributed by atoms with Gasteiger partial charge in [0.1, 0.15) is 6.10 Å². The van der Waals surface area contributed by atoms with E-state index in [9.17, 15) is 14.3 Å². The van der Waals surface area contributed by atoms with Gasteiger partial charge in [-0.25, -0.2) is 4.57 Å². The molecule has 0 radical (unpaired) electrons. The standard InChI is InChI=1S/C23H48NO7P/c1-5-7-9-11-13-15-18-28-20-22(31-23(25)16-14-12-10-8-6-2)21-30-32(26,27)29-19-17-24(3)4/h22H,5-21H2,1-4H3,(H,26,27). The summed E-state index contributed by atoms with van der Waals surface area (Å²) in [5.74, 6) is -0.334. The number of phosphoric acid groups is 1. The second-order valence-electron chi connectivity index (χ2n) is 8.52. The highest BCUT2D eigenvalue weighted by Gasteiger charge is 2.25. The Kier molecular flexibility index (Phi) is 20.7. The van der Waals surface area contributed by atoms with Crippen molar-refractivity contribution in [3.63, 3.8) is 0 Å². The average molecular weight is 482 g/mol. The molecule has 192 valence electrons. The van der Waals surface area contributed by atoms with Gasteiger partial charge in [-0.3, -0.25) is 13.8 Å². The fraction of sp³-hybridized carbons (Fsp3) is 0.957. The molecule has 0 heterocycles. The largest absolute Gasteiger partial charge is 0.472 e. The highest BCUT2D eigenvalue weighted by atomic mass is 31.2. The molecule has 0 saturated carbocycles. The van der Waals surface area contributed by atoms with Crippen molar-refractivity contribution in [3.05, 3.63) is 0 Å². The van der Waals surface area contributed by atoms with Crippen LogP contribution < -0.4 is 0 Å². The van der Waals surface area contributed by atoms with Gasteiger partial charge in [-0.05, 0) is 26.9 Å². The number of esters is 1. The van der Waals surface area contributed by atoms with Crippen LogP contribution in [0.5, 0.6) is 0 Å². The van der Waals surface area contributed by atoms with E-state index in [1.807, 2.05) is 19.0 Å². The maximum atomic E-state index is 12.2. The number of phosphoric ester groups is 1. The molecule has 0 fully saturated rings. The zero-order chi connectivity index (χ0) is 24.1. The number of carbonyl (C=O) groups is 1. The summed E-state index contributed by atoms with van der Waals surface area (Å²) in [7, 11) is -0.537. The van der Waals surface area contributed by atoms with E-state index in [2.05, 4.69) is 13.8 Å². The second-order valence-corrected chi connectivity index (χ2v) is 9.97. The highest BCUT2D eigenvalue weighted by molar-refractivity contribution is 7.47. The van der Waals surface area contributed by atoms with Gasteiger partial charge < -0.3 is 19.3 Å². The van der Waals surface area contributed by atoms with Gasteiger partial charge in [0.2, 0.25) is 0 Å². The van der Waals surface area contributed by atoms with Gasteiger partial charge in [-0.2, -0.15) is 0 Å². The number of hydrogen-bond donors (Lipinski definition) is 1. The summed E-state index contributed by atoms with van der Waals surface area (Å²) < 4.78 is 33.2. The first-order valence-corrected chi connectivity index (χ1v) is 13.8. The highest BCUT2D eigenvalue weighted by Crippen LogP contribution is 2.43. The molecule has 2 unspecified atom stereocenters. The Hall–Kier alpha value is -0.500. The summed E-state index contributed by atoms with van der Waals surface area (Å²) in [4.78, 5) is 23.9. The minimum Gasteiger partial charge on any atom is -0.457 e. The van der Waals surface area contributed by atoms with Crippen LogP contribution in [-0.2, 0) is 27.9 Å². The van der Waals surface area contributed by atoms with E-state index < -0.39 is 13.9 Å². The molecule has 2 atom stereocenters. The lowest BCUT2D eigenvalue weighted by molar-refractivity contribution is -0.154. The van der Waals surface area contributed by atoms with E-state index in [-0.39, 0.29) is 25.8 Å². The molecule has 0 aromatic carbocycles. The monoisotopic (exact) mass is 481 g/mol. The van der Waals surface area contributed by atoms with Crippen LogP contribution >= 0.6 is 7.82 Å². The van der Waals surface area contributed by atoms with Crippen LogP contribution in [0.4, 0.5) is 0 Å². The number of nitrogens with zero attached hydrogens (tertiary/aromatic N) is 1. The third-order valence-electron chi connectivity index (χ3n) is 4.95. The average Bonchev–Trinajstić information content (AvgIpc) is 2.73. The molecule has 0 aliphatic rings. The van der Waals surface area contributed by atoms with Crippen molar-refractivity contribution in [3.8, 4) is 0 Å². The molecule has 32 heavy (non-hydrogen) atoms. The third kappa shape index (κ3) is 21.4. The summed E-state index contributed by atoms with van der Waals surface area (Å²) in [6.07, 6.45) is 11.7. The summed E-state index contributed by atoms with van der Waals surface area (Å²) in [5, 5.41) is 0. The van der Waals surface area contributed by atoms with Crippen molar-refractivity contribution in [2.45, 2.75) is 97.0 Å². The molecule has 0 saturated heterocycles. The normalized spacial score (nSPS) is 14.4. The van der Waals surface area contributed by atoms with Gasteiger partial charge >= 0.3 is 13.8 Å². The molecule has 0 aromatic heterocycles. The molecular formula is C23H48NO7P. The number of hydrogen-bond acceptors (Lipinski definition) is 7. The molecule has 0 amide bonds. The summed E-state index contributed by atoms with van der Waals surface area (Å²) in [6.45, 7) is 5.35. The first-order valence-electron chi connectivity index (χ1n) is 12.3. The van der Waals surface area contributed by atoms with Gasteiger partial charge in [0.05, 0.1) is 19.8 Å². The lowest BCUT2D eigenvalue weighted by atomic mass is 10.1. The maximum Gasteiger partial charge on any atom is 0.472 e. The van der Waals surface area contributed by atoms with Crippen molar-refractivity contribution < 1.29 is 32.8 Å². The van der Waals surface area contributed by atoms with Crippen LogP contribution in [0.15, 0.2) is 0 Å². The number of likely N-dealkylation sites (N-methyl/N-ethyl adjacent to an activating group) is 1. The van der Waals surface area contributed by atoms with Crippen molar-refractivity contribution in [2.24, 2.45) is 0 Å². The Labute approximate surface area is 195 Å². The second kappa shape index (κ2) is 21.1.